The maximum Gasteiger partial charge on any atom is 0.195 e. The second-order valence-electron chi connectivity index (χ2n) is 4.80. The zero-order valence-electron chi connectivity index (χ0n) is 11.8. The third kappa shape index (κ3) is 2.89. The summed E-state index contributed by atoms with van der Waals surface area (Å²) in [6.07, 6.45) is 0. The van der Waals surface area contributed by atoms with E-state index in [0.717, 1.165) is 0 Å². The zero-order chi connectivity index (χ0) is 15.6. The predicted octanol–water partition coefficient (Wildman–Crippen LogP) is 2.91. The van der Waals surface area contributed by atoms with Crippen LogP contribution in [0.4, 0.5) is 5.69 Å². The minimum atomic E-state index is -0.326. The first-order valence-corrected chi connectivity index (χ1v) is 6.47. The number of Topliss-reactive ketones (excluding diaryl/α,β-unsaturated/α-hetero) is 2. The lowest BCUT2D eigenvalue weighted by atomic mass is 9.92. The van der Waals surface area contributed by atoms with E-state index in [1.807, 2.05) is 0 Å². The number of carbonyl (C=O) groups is 3. The minimum absolute atomic E-state index is 0.141. The highest BCUT2D eigenvalue weighted by Crippen LogP contribution is 2.24. The summed E-state index contributed by atoms with van der Waals surface area (Å²) >= 11 is 0. The Morgan fingerprint density at radius 2 is 1.48 bits per heavy atom. The zero-order valence-corrected chi connectivity index (χ0v) is 11.8. The predicted molar refractivity (Wildman–Crippen MR) is 80.7 cm³/mol. The van der Waals surface area contributed by atoms with Gasteiger partial charge in [-0.05, 0) is 26.0 Å². The van der Waals surface area contributed by atoms with Crippen molar-refractivity contribution in [3.05, 3.63) is 64.7 Å². The van der Waals surface area contributed by atoms with Crippen LogP contribution in [0.15, 0.2) is 42.5 Å². The van der Waals surface area contributed by atoms with Gasteiger partial charge in [0, 0.05) is 22.4 Å². The molecule has 106 valence electrons. The van der Waals surface area contributed by atoms with Gasteiger partial charge in [-0.2, -0.15) is 0 Å². The molecule has 0 aliphatic heterocycles. The fraction of sp³-hybridized carbons (Fsp3) is 0.118. The van der Waals surface area contributed by atoms with Crippen molar-refractivity contribution in [2.45, 2.75) is 13.8 Å². The fourth-order valence-electron chi connectivity index (χ4n) is 2.13. The summed E-state index contributed by atoms with van der Waals surface area (Å²) in [5.74, 6) is -0.833. The quantitative estimate of drug-likeness (QED) is 0.690. The van der Waals surface area contributed by atoms with Gasteiger partial charge in [0.15, 0.2) is 17.3 Å². The molecule has 0 radical (unpaired) electrons. The van der Waals surface area contributed by atoms with Crippen LogP contribution in [0.5, 0.6) is 0 Å². The number of nitrogen functional groups attached to an aromatic ring is 1. The number of rotatable bonds is 4. The van der Waals surface area contributed by atoms with Crippen molar-refractivity contribution in [1.82, 2.24) is 0 Å². The van der Waals surface area contributed by atoms with Crippen molar-refractivity contribution in [3.63, 3.8) is 0 Å². The van der Waals surface area contributed by atoms with E-state index in [-0.39, 0.29) is 34.2 Å². The summed E-state index contributed by atoms with van der Waals surface area (Å²) in [6.45, 7) is 2.73. The Morgan fingerprint density at radius 3 is 2.00 bits per heavy atom. The molecule has 0 unspecified atom stereocenters. The number of benzene rings is 2. The Kier molecular flexibility index (Phi) is 3.98. The van der Waals surface area contributed by atoms with Gasteiger partial charge < -0.3 is 5.73 Å². The average molecular weight is 281 g/mol. The number of carbonyl (C=O) groups excluding carboxylic acids is 3. The largest absolute Gasteiger partial charge is 0.398 e. The maximum atomic E-state index is 12.6. The van der Waals surface area contributed by atoms with Crippen LogP contribution >= 0.6 is 0 Å². The van der Waals surface area contributed by atoms with Crippen LogP contribution in [0, 0.1) is 0 Å². The van der Waals surface area contributed by atoms with Crippen LogP contribution in [-0.2, 0) is 0 Å². The van der Waals surface area contributed by atoms with Gasteiger partial charge in [-0.15, -0.1) is 0 Å². The highest BCUT2D eigenvalue weighted by atomic mass is 16.1. The second-order valence-corrected chi connectivity index (χ2v) is 4.80. The third-order valence-corrected chi connectivity index (χ3v) is 3.22. The van der Waals surface area contributed by atoms with E-state index in [1.54, 1.807) is 30.3 Å². The van der Waals surface area contributed by atoms with E-state index in [9.17, 15) is 14.4 Å². The van der Waals surface area contributed by atoms with E-state index in [4.69, 9.17) is 5.73 Å². The minimum Gasteiger partial charge on any atom is -0.398 e. The van der Waals surface area contributed by atoms with Crippen LogP contribution in [0.1, 0.15) is 50.5 Å². The number of hydrogen-bond acceptors (Lipinski definition) is 4. The average Bonchev–Trinajstić information content (AvgIpc) is 2.46. The molecule has 0 heterocycles. The fourth-order valence-corrected chi connectivity index (χ4v) is 2.13. The molecular weight excluding hydrogens is 266 g/mol. The van der Waals surface area contributed by atoms with Crippen molar-refractivity contribution in [1.29, 1.82) is 0 Å². The van der Waals surface area contributed by atoms with Crippen molar-refractivity contribution in [2.75, 3.05) is 5.73 Å². The van der Waals surface area contributed by atoms with E-state index < -0.39 is 0 Å². The molecule has 4 heteroatoms. The first-order valence-electron chi connectivity index (χ1n) is 6.47. The summed E-state index contributed by atoms with van der Waals surface area (Å²) in [4.78, 5) is 35.8. The smallest absolute Gasteiger partial charge is 0.195 e. The van der Waals surface area contributed by atoms with Gasteiger partial charge in [-0.3, -0.25) is 14.4 Å². The summed E-state index contributed by atoms with van der Waals surface area (Å²) in [6, 6.07) is 11.4. The maximum absolute atomic E-state index is 12.6. The van der Waals surface area contributed by atoms with Gasteiger partial charge in [-0.1, -0.05) is 30.3 Å². The summed E-state index contributed by atoms with van der Waals surface area (Å²) in [5.41, 5.74) is 7.15. The molecule has 2 rings (SSSR count). The Morgan fingerprint density at radius 1 is 0.857 bits per heavy atom. The van der Waals surface area contributed by atoms with Crippen molar-refractivity contribution in [3.8, 4) is 0 Å². The van der Waals surface area contributed by atoms with Crippen molar-refractivity contribution >= 4 is 23.0 Å². The molecule has 0 aromatic heterocycles. The molecule has 0 aliphatic carbocycles. The van der Waals surface area contributed by atoms with Crippen molar-refractivity contribution < 1.29 is 14.4 Å². The van der Waals surface area contributed by atoms with E-state index in [2.05, 4.69) is 0 Å². The van der Waals surface area contributed by atoms with E-state index in [0.29, 0.717) is 11.1 Å². The Balaban J connectivity index is 2.66. The second kappa shape index (κ2) is 5.71. The number of hydrogen-bond donors (Lipinski definition) is 1. The number of ketones is 3. The van der Waals surface area contributed by atoms with Crippen LogP contribution in [-0.4, -0.2) is 17.3 Å². The molecule has 2 aromatic rings. The summed E-state index contributed by atoms with van der Waals surface area (Å²) < 4.78 is 0. The lowest BCUT2D eigenvalue weighted by molar-refractivity contribution is 0.0989. The van der Waals surface area contributed by atoms with Gasteiger partial charge in [0.25, 0.3) is 0 Å². The molecule has 0 spiro atoms. The van der Waals surface area contributed by atoms with Crippen LogP contribution in [0.25, 0.3) is 0 Å². The summed E-state index contributed by atoms with van der Waals surface area (Å²) in [7, 11) is 0. The molecular formula is C17H15NO3. The number of nitrogens with two attached hydrogens (primary N) is 1. The van der Waals surface area contributed by atoms with Gasteiger partial charge in [-0.25, -0.2) is 0 Å². The van der Waals surface area contributed by atoms with Gasteiger partial charge in [0.05, 0.1) is 5.56 Å². The van der Waals surface area contributed by atoms with Gasteiger partial charge in [0.2, 0.25) is 0 Å². The molecule has 0 amide bonds. The third-order valence-electron chi connectivity index (χ3n) is 3.22. The van der Waals surface area contributed by atoms with E-state index in [1.165, 1.54) is 26.0 Å². The highest BCUT2D eigenvalue weighted by molar-refractivity contribution is 6.19. The molecule has 4 nitrogen and oxygen atoms in total. The first kappa shape index (κ1) is 14.7. The molecule has 0 fully saturated rings. The van der Waals surface area contributed by atoms with Crippen LogP contribution in [0.3, 0.4) is 0 Å². The van der Waals surface area contributed by atoms with Crippen molar-refractivity contribution in [2.24, 2.45) is 0 Å². The lowest BCUT2D eigenvalue weighted by Gasteiger charge is -2.11. The monoisotopic (exact) mass is 281 g/mol. The standard InChI is InChI=1S/C17H15NO3/c1-10(19)13-8-14(11(2)20)16(15(18)9-13)17(21)12-6-4-3-5-7-12/h3-9H,18H2,1-2H3. The normalized spacial score (nSPS) is 10.2. The lowest BCUT2D eigenvalue weighted by Crippen LogP contribution is -2.13. The number of anilines is 1. The molecule has 2 aromatic carbocycles. The first-order chi connectivity index (χ1) is 9.91. The van der Waals surface area contributed by atoms with Gasteiger partial charge >= 0.3 is 0 Å². The molecule has 0 bridgehead atoms. The SMILES string of the molecule is CC(=O)c1cc(N)c(C(=O)c2ccccc2)c(C(C)=O)c1. The van der Waals surface area contributed by atoms with Crippen LogP contribution in [0.2, 0.25) is 0 Å². The topological polar surface area (TPSA) is 77.2 Å². The molecule has 2 N–H and O–H groups in total. The molecule has 0 saturated carbocycles. The molecule has 0 aliphatic rings. The molecule has 0 atom stereocenters. The molecule has 21 heavy (non-hydrogen) atoms. The molecule has 0 saturated heterocycles. The highest BCUT2D eigenvalue weighted by Gasteiger charge is 2.21. The van der Waals surface area contributed by atoms with E-state index >= 15 is 0 Å². The Labute approximate surface area is 122 Å². The Bertz CT molecular complexity index is 733. The van der Waals surface area contributed by atoms with Crippen LogP contribution < -0.4 is 5.73 Å². The van der Waals surface area contributed by atoms with Gasteiger partial charge in [0.1, 0.15) is 0 Å². The summed E-state index contributed by atoms with van der Waals surface area (Å²) in [5, 5.41) is 0. The Hall–Kier alpha value is -2.75.